The number of hydrogen-bond donors (Lipinski definition) is 9. The molecule has 9 N–H and O–H groups in total. The summed E-state index contributed by atoms with van der Waals surface area (Å²) in [6, 6.07) is -1.27. The van der Waals surface area contributed by atoms with Gasteiger partial charge in [0.2, 0.25) is 0 Å². The molecule has 3 saturated heterocycles. The number of carbonyl (C=O) groups excluding carboxylic acids is 3. The summed E-state index contributed by atoms with van der Waals surface area (Å²) in [5.41, 5.74) is -12.4. The first-order valence-electron chi connectivity index (χ1n) is 29.8. The lowest BCUT2D eigenvalue weighted by molar-refractivity contribution is -0.316. The van der Waals surface area contributed by atoms with Gasteiger partial charge in [0.15, 0.2) is 29.6 Å². The third kappa shape index (κ3) is 11.6. The number of aliphatic hydroxyl groups excluding tert-OH is 4. The van der Waals surface area contributed by atoms with Gasteiger partial charge in [0.05, 0.1) is 47.6 Å². The summed E-state index contributed by atoms with van der Waals surface area (Å²) in [6.45, 7) is 22.3. The molecular weight excluding hydrogens is 1060 g/mol. The van der Waals surface area contributed by atoms with Gasteiger partial charge in [-0.1, -0.05) is 40.7 Å². The molecule has 1 amide bonds. The summed E-state index contributed by atoms with van der Waals surface area (Å²) in [4.78, 5) is 43.6. The maximum Gasteiger partial charge on any atom is 0.311 e. The number of halogens is 2. The molecule has 19 nitrogen and oxygen atoms in total. The zero-order valence-electron chi connectivity index (χ0n) is 50.6. The van der Waals surface area contributed by atoms with E-state index in [-0.39, 0.29) is 76.3 Å². The average Bonchev–Trinajstić information content (AvgIpc) is 3.92. The van der Waals surface area contributed by atoms with E-state index in [4.69, 9.17) is 28.4 Å². The summed E-state index contributed by atoms with van der Waals surface area (Å²) in [5.74, 6) is -6.93. The van der Waals surface area contributed by atoms with Gasteiger partial charge in [-0.05, 0) is 143 Å². The van der Waals surface area contributed by atoms with E-state index in [1.54, 1.807) is 69.4 Å². The van der Waals surface area contributed by atoms with Crippen LogP contribution in [0.25, 0.3) is 0 Å². The molecular formula is C60H99F2N3O16. The van der Waals surface area contributed by atoms with Crippen molar-refractivity contribution < 1.29 is 87.3 Å². The second kappa shape index (κ2) is 24.3. The summed E-state index contributed by atoms with van der Waals surface area (Å²) in [5, 5.41) is 91.1. The van der Waals surface area contributed by atoms with Crippen molar-refractivity contribution in [2.45, 2.75) is 255 Å². The number of likely N-dealkylation sites (N-methyl/N-ethyl adjacent to an activating group) is 1. The van der Waals surface area contributed by atoms with Crippen molar-refractivity contribution in [3.8, 4) is 0 Å². The fourth-order valence-corrected chi connectivity index (χ4v) is 16.3. The van der Waals surface area contributed by atoms with Gasteiger partial charge in [0.25, 0.3) is 5.91 Å². The Kier molecular flexibility index (Phi) is 19.8. The number of carbonyl (C=O) groups is 3. The van der Waals surface area contributed by atoms with Crippen molar-refractivity contribution in [1.82, 2.24) is 15.5 Å². The van der Waals surface area contributed by atoms with Gasteiger partial charge in [-0.25, -0.2) is 8.78 Å². The fourth-order valence-electron chi connectivity index (χ4n) is 16.3. The van der Waals surface area contributed by atoms with Crippen molar-refractivity contribution in [3.63, 3.8) is 0 Å². The summed E-state index contributed by atoms with van der Waals surface area (Å²) in [7, 11) is 3.20. The maximum atomic E-state index is 17.9. The van der Waals surface area contributed by atoms with Crippen LogP contribution in [-0.4, -0.2) is 206 Å². The summed E-state index contributed by atoms with van der Waals surface area (Å²) in [6.07, 6.45) is -10.0. The van der Waals surface area contributed by atoms with Gasteiger partial charge >= 0.3 is 5.97 Å². The van der Waals surface area contributed by atoms with E-state index in [1.807, 2.05) is 18.7 Å². The molecule has 0 spiro atoms. The molecule has 81 heavy (non-hydrogen) atoms. The Morgan fingerprint density at radius 1 is 0.889 bits per heavy atom. The number of esters is 1. The minimum Gasteiger partial charge on any atom is -0.459 e. The predicted octanol–water partition coefficient (Wildman–Crippen LogP) is 3.73. The average molecular weight is 1160 g/mol. The first-order chi connectivity index (χ1) is 37.5. The van der Waals surface area contributed by atoms with Crippen molar-refractivity contribution >= 4 is 17.7 Å². The SMILES string of the molecule is CC[C@H]1OC(=O)[C@H](C)[C@@H](O[C@H]2C[C@@](C)(OC)[C@@H](O)[C@H](C)O2)[C@H](C)[C@@H](O[C@@H]2O[C@H](C)C[C@H](NC)[C@H]2O)[C@](C)(O)C[C@@H](C)CN(CCCNC(=O)[C@@]2(O)[C@H](C)CC3C4C[C@H](F)C5=CC(=O)C=C[C@]5(C)[C@@]4(F)[C@@H](O)C[C@@]32C)[C@H](C)[C@@H](O)[C@]1(C)O. The number of nitrogens with one attached hydrogen (secondary N) is 2. The van der Waals surface area contributed by atoms with Crippen LogP contribution < -0.4 is 10.6 Å². The van der Waals surface area contributed by atoms with Gasteiger partial charge in [0.1, 0.15) is 36.2 Å². The van der Waals surface area contributed by atoms with E-state index in [0.717, 1.165) is 6.08 Å². The topological polar surface area (TPSA) is 276 Å². The highest BCUT2D eigenvalue weighted by molar-refractivity contribution is 6.01. The standard InChI is InChI=1S/C60H99F2N3O16/c1-16-44-58(13,74)48(69)35(7)65(21-17-20-64-53(72)60(75)31(3)22-38-39-25-41(61)40-24-37(66)18-19-54(40,9)59(39,62)43(67)27-55(38,60)10)29-30(2)26-56(11,73)50(81-52-46(68)42(63-14)23-32(4)77-52)33(5)47(34(6)51(71)79-44)80-45-28-57(12,76-15)49(70)36(8)78-45/h18-19,24,30-36,38-39,41-50,52,63,67-70,73-75H,16-17,20-23,25-29H2,1-15H3,(H,64,72)/t30-,31-,32-,33+,34-,35-,36+,38?,39?,41+,42+,43+,44-,45+,46-,47+,48-,49+,50-,52+,54+,55+,56-,57-,58-,59+,60+/m1/s1. The van der Waals surface area contributed by atoms with E-state index in [0.29, 0.717) is 6.42 Å². The second-order valence-corrected chi connectivity index (χ2v) is 27.0. The maximum absolute atomic E-state index is 17.9. The molecule has 27 atom stereocenters. The molecule has 0 bridgehead atoms. The third-order valence-electron chi connectivity index (χ3n) is 21.2. The molecule has 3 aliphatic heterocycles. The number of hydrogen-bond acceptors (Lipinski definition) is 18. The lowest BCUT2D eigenvalue weighted by atomic mass is 9.44. The molecule has 2 unspecified atom stereocenters. The fraction of sp³-hybridized carbons (Fsp3) is 0.883. The second-order valence-electron chi connectivity index (χ2n) is 27.0. The molecule has 7 rings (SSSR count). The lowest BCUT2D eigenvalue weighted by Crippen LogP contribution is -2.71. The smallest absolute Gasteiger partial charge is 0.311 e. The molecule has 6 fully saturated rings. The number of alkyl halides is 2. The number of methoxy groups -OCH3 is 1. The number of fused-ring (bicyclic) bond motifs is 5. The number of ether oxygens (including phenoxy) is 6. The Bertz CT molecular complexity index is 2310. The number of ketones is 1. The van der Waals surface area contributed by atoms with E-state index in [2.05, 4.69) is 10.6 Å². The Balaban J connectivity index is 1.16. The van der Waals surface area contributed by atoms with Crippen LogP contribution in [0.5, 0.6) is 0 Å². The predicted molar refractivity (Wildman–Crippen MR) is 294 cm³/mol. The zero-order chi connectivity index (χ0) is 60.5. The first kappa shape index (κ1) is 65.9. The Labute approximate surface area is 478 Å². The molecule has 4 aliphatic carbocycles. The molecule has 464 valence electrons. The largest absolute Gasteiger partial charge is 0.459 e. The highest BCUT2D eigenvalue weighted by Crippen LogP contribution is 2.71. The first-order valence-corrected chi connectivity index (χ1v) is 29.8. The van der Waals surface area contributed by atoms with Crippen LogP contribution in [0.15, 0.2) is 23.8 Å². The van der Waals surface area contributed by atoms with Gasteiger partial charge in [-0.3, -0.25) is 19.3 Å². The number of aliphatic hydroxyl groups is 7. The van der Waals surface area contributed by atoms with E-state index in [9.17, 15) is 50.1 Å². The monoisotopic (exact) mass is 1160 g/mol. The number of allylic oxidation sites excluding steroid dienone is 4. The number of rotatable bonds is 12. The van der Waals surface area contributed by atoms with Crippen LogP contribution in [0.1, 0.15) is 141 Å². The van der Waals surface area contributed by atoms with Crippen LogP contribution in [0.3, 0.4) is 0 Å². The zero-order valence-corrected chi connectivity index (χ0v) is 50.6. The molecule has 0 aromatic rings. The van der Waals surface area contributed by atoms with Crippen molar-refractivity contribution in [2.75, 3.05) is 33.8 Å². The van der Waals surface area contributed by atoms with Crippen molar-refractivity contribution in [1.29, 1.82) is 0 Å². The quantitative estimate of drug-likeness (QED) is 0.0995. The Morgan fingerprint density at radius 2 is 1.56 bits per heavy atom. The summed E-state index contributed by atoms with van der Waals surface area (Å²) >= 11 is 0. The van der Waals surface area contributed by atoms with Crippen LogP contribution in [0.2, 0.25) is 0 Å². The van der Waals surface area contributed by atoms with Crippen LogP contribution >= 0.6 is 0 Å². The van der Waals surface area contributed by atoms with Crippen molar-refractivity contribution in [3.05, 3.63) is 23.8 Å². The molecule has 0 radical (unpaired) electrons. The lowest BCUT2D eigenvalue weighted by Gasteiger charge is -2.63. The Morgan fingerprint density at radius 3 is 2.19 bits per heavy atom. The van der Waals surface area contributed by atoms with E-state index < -0.39 is 172 Å². The molecule has 0 aromatic carbocycles. The van der Waals surface area contributed by atoms with Crippen LogP contribution in [0.4, 0.5) is 8.78 Å². The van der Waals surface area contributed by atoms with Crippen molar-refractivity contribution in [2.24, 2.45) is 46.3 Å². The van der Waals surface area contributed by atoms with Gasteiger partial charge in [0, 0.05) is 67.9 Å². The normalized spacial score (nSPS) is 51.2. The number of cyclic esters (lactones) is 1. The van der Waals surface area contributed by atoms with Gasteiger partial charge in [-0.15, -0.1) is 0 Å². The minimum absolute atomic E-state index is 0.0106. The molecule has 0 aromatic heterocycles. The summed E-state index contributed by atoms with van der Waals surface area (Å²) < 4.78 is 72.1. The molecule has 3 heterocycles. The Hall–Kier alpha value is -2.61. The van der Waals surface area contributed by atoms with Gasteiger partial charge < -0.3 is 74.8 Å². The third-order valence-corrected chi connectivity index (χ3v) is 21.2. The number of nitrogens with zero attached hydrogens (tertiary/aromatic N) is 1. The number of amides is 1. The molecule has 21 heteroatoms. The highest BCUT2D eigenvalue weighted by atomic mass is 19.1. The molecule has 3 saturated carbocycles. The highest BCUT2D eigenvalue weighted by Gasteiger charge is 2.77. The van der Waals surface area contributed by atoms with E-state index in [1.165, 1.54) is 33.1 Å². The molecule has 7 aliphatic rings. The van der Waals surface area contributed by atoms with Crippen LogP contribution in [0, 0.1) is 46.3 Å². The van der Waals surface area contributed by atoms with Gasteiger partial charge in [-0.2, -0.15) is 0 Å². The minimum atomic E-state index is -2.38. The van der Waals surface area contributed by atoms with E-state index >= 15 is 8.78 Å². The van der Waals surface area contributed by atoms with Crippen LogP contribution in [-0.2, 0) is 42.8 Å².